The molecule has 2 saturated heterocycles. The third kappa shape index (κ3) is 5.93. The van der Waals surface area contributed by atoms with Crippen molar-refractivity contribution in [3.05, 3.63) is 29.8 Å². The van der Waals surface area contributed by atoms with E-state index in [-0.39, 0.29) is 17.9 Å². The molecule has 1 aromatic carbocycles. The topological polar surface area (TPSA) is 79.0 Å². The van der Waals surface area contributed by atoms with E-state index in [1.165, 1.54) is 10.6 Å². The van der Waals surface area contributed by atoms with Crippen molar-refractivity contribution in [2.75, 3.05) is 39.5 Å². The van der Waals surface area contributed by atoms with Gasteiger partial charge in [0.05, 0.1) is 6.26 Å². The van der Waals surface area contributed by atoms with Gasteiger partial charge in [-0.1, -0.05) is 12.1 Å². The molecule has 2 aliphatic heterocycles. The van der Waals surface area contributed by atoms with Crippen LogP contribution in [0.3, 0.4) is 0 Å². The maximum atomic E-state index is 12.4. The van der Waals surface area contributed by atoms with E-state index in [1.807, 2.05) is 24.3 Å². The summed E-state index contributed by atoms with van der Waals surface area (Å²) in [6.45, 7) is 3.44. The van der Waals surface area contributed by atoms with Crippen molar-refractivity contribution in [3.8, 4) is 5.75 Å². The van der Waals surface area contributed by atoms with Crippen LogP contribution in [0.5, 0.6) is 5.75 Å². The molecule has 0 bridgehead atoms. The standard InChI is InChI=1S/C20H31N3O4S/c1-22-11-9-19(10-12-22)27-18-5-3-16(4-6-18)15-21-20(24)17-7-13-23(14-8-17)28(2,25)26/h3-6,17,19H,7-15H2,1-2H3,(H,21,24). The van der Waals surface area contributed by atoms with Crippen molar-refractivity contribution in [3.63, 3.8) is 0 Å². The summed E-state index contributed by atoms with van der Waals surface area (Å²) < 4.78 is 30.6. The van der Waals surface area contributed by atoms with Crippen LogP contribution < -0.4 is 10.1 Å². The molecule has 0 spiro atoms. The highest BCUT2D eigenvalue weighted by molar-refractivity contribution is 7.88. The molecule has 3 rings (SSSR count). The fourth-order valence-corrected chi connectivity index (χ4v) is 4.64. The predicted molar refractivity (Wildman–Crippen MR) is 109 cm³/mol. The first-order valence-electron chi connectivity index (χ1n) is 9.98. The van der Waals surface area contributed by atoms with E-state index in [4.69, 9.17) is 4.74 Å². The first kappa shape index (κ1) is 21.1. The van der Waals surface area contributed by atoms with Gasteiger partial charge < -0.3 is 15.0 Å². The summed E-state index contributed by atoms with van der Waals surface area (Å²) in [6, 6.07) is 7.89. The van der Waals surface area contributed by atoms with Gasteiger partial charge in [0.1, 0.15) is 11.9 Å². The summed E-state index contributed by atoms with van der Waals surface area (Å²) in [5, 5.41) is 2.97. The van der Waals surface area contributed by atoms with Crippen molar-refractivity contribution in [2.24, 2.45) is 5.92 Å². The number of ether oxygens (including phenoxy) is 1. The Bertz CT molecular complexity index is 750. The molecule has 2 aliphatic rings. The number of carbonyl (C=O) groups excluding carboxylic acids is 1. The first-order chi connectivity index (χ1) is 13.3. The van der Waals surface area contributed by atoms with Crippen molar-refractivity contribution in [2.45, 2.75) is 38.3 Å². The number of hydrogen-bond donors (Lipinski definition) is 1. The summed E-state index contributed by atoms with van der Waals surface area (Å²) >= 11 is 0. The molecule has 0 aliphatic carbocycles. The zero-order valence-electron chi connectivity index (χ0n) is 16.8. The number of nitrogens with one attached hydrogen (secondary N) is 1. The van der Waals surface area contributed by atoms with Crippen LogP contribution in [0.15, 0.2) is 24.3 Å². The Morgan fingerprint density at radius 3 is 2.25 bits per heavy atom. The number of sulfonamides is 1. The number of piperidine rings is 2. The van der Waals surface area contributed by atoms with E-state index in [0.29, 0.717) is 32.5 Å². The summed E-state index contributed by atoms with van der Waals surface area (Å²) in [4.78, 5) is 14.7. The van der Waals surface area contributed by atoms with E-state index in [1.54, 1.807) is 0 Å². The predicted octanol–water partition coefficient (Wildman–Crippen LogP) is 1.45. The summed E-state index contributed by atoms with van der Waals surface area (Å²) in [5.41, 5.74) is 1.03. The van der Waals surface area contributed by atoms with Gasteiger partial charge in [0, 0.05) is 38.6 Å². The molecule has 0 unspecified atom stereocenters. The quantitative estimate of drug-likeness (QED) is 0.769. The molecule has 0 radical (unpaired) electrons. The second-order valence-electron chi connectivity index (χ2n) is 7.92. The van der Waals surface area contributed by atoms with E-state index in [9.17, 15) is 13.2 Å². The van der Waals surface area contributed by atoms with Crippen molar-refractivity contribution in [1.29, 1.82) is 0 Å². The minimum absolute atomic E-state index is 0.000182. The second kappa shape index (κ2) is 9.24. The van der Waals surface area contributed by atoms with Crippen LogP contribution in [0.2, 0.25) is 0 Å². The lowest BCUT2D eigenvalue weighted by atomic mass is 9.97. The molecule has 0 saturated carbocycles. The molecule has 1 N–H and O–H groups in total. The molecule has 8 heteroatoms. The molecule has 28 heavy (non-hydrogen) atoms. The fourth-order valence-electron chi connectivity index (χ4n) is 3.76. The molecule has 1 amide bonds. The van der Waals surface area contributed by atoms with Gasteiger partial charge in [-0.3, -0.25) is 4.79 Å². The molecule has 1 aromatic rings. The van der Waals surface area contributed by atoms with Gasteiger partial charge in [-0.25, -0.2) is 12.7 Å². The summed E-state index contributed by atoms with van der Waals surface area (Å²) in [5.74, 6) is 0.752. The molecular weight excluding hydrogens is 378 g/mol. The SMILES string of the molecule is CN1CCC(Oc2ccc(CNC(=O)C3CCN(S(C)(=O)=O)CC3)cc2)CC1. The zero-order chi connectivity index (χ0) is 20.1. The Morgan fingerprint density at radius 2 is 1.68 bits per heavy atom. The molecule has 0 atom stereocenters. The van der Waals surface area contributed by atoms with E-state index in [0.717, 1.165) is 37.2 Å². The molecule has 2 heterocycles. The third-order valence-corrected chi connectivity index (χ3v) is 6.96. The van der Waals surface area contributed by atoms with E-state index < -0.39 is 10.0 Å². The van der Waals surface area contributed by atoms with Gasteiger partial charge in [0.2, 0.25) is 15.9 Å². The number of rotatable bonds is 6. The second-order valence-corrected chi connectivity index (χ2v) is 9.90. The van der Waals surface area contributed by atoms with Crippen LogP contribution in [0.25, 0.3) is 0 Å². The highest BCUT2D eigenvalue weighted by Gasteiger charge is 2.28. The summed E-state index contributed by atoms with van der Waals surface area (Å²) in [6.07, 6.45) is 4.73. The number of likely N-dealkylation sites (tertiary alicyclic amines) is 1. The van der Waals surface area contributed by atoms with Crippen LogP contribution in [0.4, 0.5) is 0 Å². The number of benzene rings is 1. The number of carbonyl (C=O) groups is 1. The number of nitrogens with zero attached hydrogens (tertiary/aromatic N) is 2. The Hall–Kier alpha value is -1.64. The fraction of sp³-hybridized carbons (Fsp3) is 0.650. The maximum Gasteiger partial charge on any atom is 0.223 e. The molecular formula is C20H31N3O4S. The van der Waals surface area contributed by atoms with Gasteiger partial charge in [-0.05, 0) is 50.4 Å². The largest absolute Gasteiger partial charge is 0.490 e. The molecule has 2 fully saturated rings. The molecule has 7 nitrogen and oxygen atoms in total. The van der Waals surface area contributed by atoms with Gasteiger partial charge in [0.15, 0.2) is 0 Å². The average Bonchev–Trinajstić information content (AvgIpc) is 2.68. The Balaban J connectivity index is 1.42. The van der Waals surface area contributed by atoms with Crippen LogP contribution in [0.1, 0.15) is 31.2 Å². The summed E-state index contributed by atoms with van der Waals surface area (Å²) in [7, 11) is -1.03. The van der Waals surface area contributed by atoms with Crippen LogP contribution in [0, 0.1) is 5.92 Å². The average molecular weight is 410 g/mol. The van der Waals surface area contributed by atoms with Crippen molar-refractivity contribution >= 4 is 15.9 Å². The van der Waals surface area contributed by atoms with Crippen LogP contribution in [-0.4, -0.2) is 69.1 Å². The van der Waals surface area contributed by atoms with Crippen molar-refractivity contribution in [1.82, 2.24) is 14.5 Å². The van der Waals surface area contributed by atoms with E-state index >= 15 is 0 Å². The van der Waals surface area contributed by atoms with Crippen LogP contribution in [-0.2, 0) is 21.4 Å². The highest BCUT2D eigenvalue weighted by Crippen LogP contribution is 2.21. The van der Waals surface area contributed by atoms with Crippen molar-refractivity contribution < 1.29 is 17.9 Å². The lowest BCUT2D eigenvalue weighted by Crippen LogP contribution is -2.42. The maximum absolute atomic E-state index is 12.4. The smallest absolute Gasteiger partial charge is 0.223 e. The van der Waals surface area contributed by atoms with Gasteiger partial charge in [-0.15, -0.1) is 0 Å². The molecule has 0 aromatic heterocycles. The zero-order valence-corrected chi connectivity index (χ0v) is 17.6. The number of hydrogen-bond acceptors (Lipinski definition) is 5. The minimum Gasteiger partial charge on any atom is -0.490 e. The Kier molecular flexibility index (Phi) is 6.95. The molecule has 156 valence electrons. The number of amides is 1. The van der Waals surface area contributed by atoms with Gasteiger partial charge in [-0.2, -0.15) is 0 Å². The van der Waals surface area contributed by atoms with Gasteiger partial charge >= 0.3 is 0 Å². The van der Waals surface area contributed by atoms with E-state index in [2.05, 4.69) is 17.3 Å². The van der Waals surface area contributed by atoms with Gasteiger partial charge in [0.25, 0.3) is 0 Å². The third-order valence-electron chi connectivity index (χ3n) is 5.65. The lowest BCUT2D eigenvalue weighted by molar-refractivity contribution is -0.126. The first-order valence-corrected chi connectivity index (χ1v) is 11.8. The lowest BCUT2D eigenvalue weighted by Gasteiger charge is -2.29. The highest BCUT2D eigenvalue weighted by atomic mass is 32.2. The Labute approximate surface area is 168 Å². The Morgan fingerprint density at radius 1 is 1.07 bits per heavy atom. The minimum atomic E-state index is -3.16. The van der Waals surface area contributed by atoms with Crippen LogP contribution >= 0.6 is 0 Å². The monoisotopic (exact) mass is 409 g/mol. The normalized spacial score (nSPS) is 20.8.